The van der Waals surface area contributed by atoms with Crippen molar-refractivity contribution in [3.63, 3.8) is 0 Å². The Morgan fingerprint density at radius 3 is 2.92 bits per heavy atom. The predicted molar refractivity (Wildman–Crippen MR) is 106 cm³/mol. The molecule has 0 aliphatic heterocycles. The lowest BCUT2D eigenvalue weighted by Crippen LogP contribution is -2.38. The van der Waals surface area contributed by atoms with Gasteiger partial charge in [-0.15, -0.1) is 23.7 Å². The van der Waals surface area contributed by atoms with Crippen molar-refractivity contribution < 1.29 is 9.53 Å². The Morgan fingerprint density at radius 2 is 2.28 bits per heavy atom. The van der Waals surface area contributed by atoms with Crippen molar-refractivity contribution >= 4 is 41.0 Å². The summed E-state index contributed by atoms with van der Waals surface area (Å²) >= 11 is 3.31. The number of halogens is 1. The number of carbonyl (C=O) groups excluding carboxylic acids is 1. The Morgan fingerprint density at radius 1 is 1.44 bits per heavy atom. The van der Waals surface area contributed by atoms with Gasteiger partial charge in [0.25, 0.3) is 0 Å². The van der Waals surface area contributed by atoms with Gasteiger partial charge < -0.3 is 10.1 Å². The van der Waals surface area contributed by atoms with Crippen molar-refractivity contribution in [1.82, 2.24) is 10.3 Å². The third-order valence-electron chi connectivity index (χ3n) is 4.60. The second-order valence-corrected chi connectivity index (χ2v) is 8.11. The van der Waals surface area contributed by atoms with Gasteiger partial charge in [0.15, 0.2) is 0 Å². The van der Waals surface area contributed by atoms with Crippen LogP contribution in [-0.4, -0.2) is 24.1 Å². The Kier molecular flexibility index (Phi) is 7.87. The summed E-state index contributed by atoms with van der Waals surface area (Å²) in [6, 6.07) is 2.07. The number of amides is 1. The molecule has 138 valence electrons. The van der Waals surface area contributed by atoms with Gasteiger partial charge in [-0.3, -0.25) is 4.79 Å². The Bertz CT molecular complexity index is 660. The molecule has 0 spiro atoms. The number of thiophene rings is 1. The number of ether oxygens (including phenoxy) is 1. The molecular weight excluding hydrogens is 376 g/mol. The summed E-state index contributed by atoms with van der Waals surface area (Å²) in [5, 5.41) is 10.5. The fourth-order valence-corrected chi connectivity index (χ4v) is 4.79. The zero-order chi connectivity index (χ0) is 16.9. The lowest BCUT2D eigenvalue weighted by Gasteiger charge is -2.28. The van der Waals surface area contributed by atoms with E-state index in [1.54, 1.807) is 29.8 Å². The molecule has 3 atom stereocenters. The standard InChI is InChI=1S/C18H24N2O2S2.ClH/c1-12-10-24-18(19-12)16(8-13-6-7-23-11-13)20-17(21)14-4-3-5-15(9-14)22-2;/h6-7,10-11,14-16H,3-5,8-9H2,1-2H3,(H,20,21);1H. The molecule has 25 heavy (non-hydrogen) atoms. The topological polar surface area (TPSA) is 51.2 Å². The lowest BCUT2D eigenvalue weighted by molar-refractivity contribution is -0.128. The number of aromatic nitrogens is 1. The van der Waals surface area contributed by atoms with E-state index in [2.05, 4.69) is 27.1 Å². The van der Waals surface area contributed by atoms with Crippen LogP contribution >= 0.6 is 35.1 Å². The number of hydrogen-bond acceptors (Lipinski definition) is 5. The smallest absolute Gasteiger partial charge is 0.223 e. The molecule has 1 saturated carbocycles. The van der Waals surface area contributed by atoms with E-state index in [1.807, 2.05) is 12.3 Å². The van der Waals surface area contributed by atoms with Crippen LogP contribution in [0.5, 0.6) is 0 Å². The Balaban J connectivity index is 0.00000225. The summed E-state index contributed by atoms with van der Waals surface area (Å²) in [6.07, 6.45) is 4.90. The van der Waals surface area contributed by atoms with E-state index in [4.69, 9.17) is 4.74 Å². The number of methoxy groups -OCH3 is 1. The summed E-state index contributed by atoms with van der Waals surface area (Å²) in [5.41, 5.74) is 2.26. The van der Waals surface area contributed by atoms with E-state index in [-0.39, 0.29) is 36.4 Å². The molecule has 2 aromatic rings. The maximum absolute atomic E-state index is 12.8. The zero-order valence-corrected chi connectivity index (χ0v) is 17.0. The molecule has 3 rings (SSSR count). The van der Waals surface area contributed by atoms with Gasteiger partial charge in [-0.2, -0.15) is 11.3 Å². The zero-order valence-electron chi connectivity index (χ0n) is 14.6. The van der Waals surface area contributed by atoms with Crippen molar-refractivity contribution in [2.45, 2.75) is 51.2 Å². The van der Waals surface area contributed by atoms with Crippen molar-refractivity contribution in [3.05, 3.63) is 38.5 Å². The van der Waals surface area contributed by atoms with Gasteiger partial charge in [0.05, 0.1) is 12.1 Å². The average Bonchev–Trinajstić information content (AvgIpc) is 3.26. The first-order chi connectivity index (χ1) is 11.7. The Labute approximate surface area is 163 Å². The van der Waals surface area contributed by atoms with Gasteiger partial charge in [0.2, 0.25) is 5.91 Å². The van der Waals surface area contributed by atoms with Gasteiger partial charge in [-0.1, -0.05) is 6.42 Å². The van der Waals surface area contributed by atoms with E-state index in [0.717, 1.165) is 42.8 Å². The highest BCUT2D eigenvalue weighted by molar-refractivity contribution is 7.09. The first kappa shape index (κ1) is 20.4. The number of carbonyl (C=O) groups is 1. The summed E-state index contributed by atoms with van der Waals surface area (Å²) in [6.45, 7) is 1.99. The summed E-state index contributed by atoms with van der Waals surface area (Å²) in [4.78, 5) is 17.4. The van der Waals surface area contributed by atoms with E-state index >= 15 is 0 Å². The third-order valence-corrected chi connectivity index (χ3v) is 6.41. The minimum atomic E-state index is -0.0475. The highest BCUT2D eigenvalue weighted by atomic mass is 35.5. The van der Waals surface area contributed by atoms with E-state index in [1.165, 1.54) is 5.56 Å². The number of thiazole rings is 1. The molecule has 3 unspecified atom stereocenters. The predicted octanol–water partition coefficient (Wildman–Crippen LogP) is 4.54. The molecule has 1 fully saturated rings. The quantitative estimate of drug-likeness (QED) is 0.774. The van der Waals surface area contributed by atoms with Crippen LogP contribution in [0.25, 0.3) is 0 Å². The van der Waals surface area contributed by atoms with E-state index in [0.29, 0.717) is 0 Å². The third kappa shape index (κ3) is 5.51. The van der Waals surface area contributed by atoms with Crippen LogP contribution in [0.4, 0.5) is 0 Å². The van der Waals surface area contributed by atoms with Gasteiger partial charge in [0.1, 0.15) is 5.01 Å². The summed E-state index contributed by atoms with van der Waals surface area (Å²) in [7, 11) is 1.74. The van der Waals surface area contributed by atoms with Gasteiger partial charge in [-0.05, 0) is 48.6 Å². The van der Waals surface area contributed by atoms with Crippen LogP contribution in [0, 0.1) is 12.8 Å². The number of nitrogens with zero attached hydrogens (tertiary/aromatic N) is 1. The monoisotopic (exact) mass is 400 g/mol. The molecule has 1 aliphatic rings. The summed E-state index contributed by atoms with van der Waals surface area (Å²) < 4.78 is 5.46. The van der Waals surface area contributed by atoms with Crippen LogP contribution in [0.3, 0.4) is 0 Å². The molecule has 0 saturated heterocycles. The molecule has 2 heterocycles. The number of nitrogens with one attached hydrogen (secondary N) is 1. The van der Waals surface area contributed by atoms with E-state index < -0.39 is 0 Å². The maximum Gasteiger partial charge on any atom is 0.223 e. The fourth-order valence-electron chi connectivity index (χ4n) is 3.26. The molecule has 1 N–H and O–H groups in total. The number of aryl methyl sites for hydroxylation is 1. The molecule has 2 aromatic heterocycles. The van der Waals surface area contributed by atoms with Crippen molar-refractivity contribution in [2.75, 3.05) is 7.11 Å². The molecule has 0 aromatic carbocycles. The van der Waals surface area contributed by atoms with Crippen LogP contribution in [0.15, 0.2) is 22.2 Å². The first-order valence-corrected chi connectivity index (χ1v) is 10.2. The largest absolute Gasteiger partial charge is 0.381 e. The van der Waals surface area contributed by atoms with Crippen LogP contribution in [0.2, 0.25) is 0 Å². The van der Waals surface area contributed by atoms with Gasteiger partial charge in [0, 0.05) is 30.5 Å². The second kappa shape index (κ2) is 9.67. The van der Waals surface area contributed by atoms with Crippen molar-refractivity contribution in [3.8, 4) is 0 Å². The maximum atomic E-state index is 12.8. The summed E-state index contributed by atoms with van der Waals surface area (Å²) in [5.74, 6) is 0.194. The SMILES string of the molecule is COC1CCCC(C(=O)NC(Cc2ccsc2)c2nc(C)cs2)C1.Cl. The molecule has 0 bridgehead atoms. The van der Waals surface area contributed by atoms with Gasteiger partial charge >= 0.3 is 0 Å². The molecular formula is C18H25ClN2O2S2. The molecule has 4 nitrogen and oxygen atoms in total. The minimum Gasteiger partial charge on any atom is -0.381 e. The number of rotatable bonds is 6. The fraction of sp³-hybridized carbons (Fsp3) is 0.556. The average molecular weight is 401 g/mol. The van der Waals surface area contributed by atoms with E-state index in [9.17, 15) is 4.79 Å². The van der Waals surface area contributed by atoms with Crippen molar-refractivity contribution in [1.29, 1.82) is 0 Å². The highest BCUT2D eigenvalue weighted by Crippen LogP contribution is 2.28. The molecule has 1 aliphatic carbocycles. The molecule has 0 radical (unpaired) electrons. The second-order valence-electron chi connectivity index (χ2n) is 6.45. The highest BCUT2D eigenvalue weighted by Gasteiger charge is 2.29. The Hall–Kier alpha value is -0.950. The van der Waals surface area contributed by atoms with Gasteiger partial charge in [-0.25, -0.2) is 4.98 Å². The van der Waals surface area contributed by atoms with Crippen molar-refractivity contribution in [2.24, 2.45) is 5.92 Å². The molecule has 1 amide bonds. The lowest BCUT2D eigenvalue weighted by atomic mass is 9.86. The first-order valence-electron chi connectivity index (χ1n) is 8.42. The van der Waals surface area contributed by atoms with Crippen LogP contribution in [0.1, 0.15) is 48.0 Å². The van der Waals surface area contributed by atoms with Crippen LogP contribution in [-0.2, 0) is 16.0 Å². The molecule has 7 heteroatoms. The minimum absolute atomic E-state index is 0. The number of hydrogen-bond donors (Lipinski definition) is 1. The van der Waals surface area contributed by atoms with Crippen LogP contribution < -0.4 is 5.32 Å². The normalized spacial score (nSPS) is 21.4.